The maximum absolute atomic E-state index is 15.4. The van der Waals surface area contributed by atoms with Gasteiger partial charge in [-0.25, -0.2) is 18.9 Å². The van der Waals surface area contributed by atoms with Crippen molar-refractivity contribution in [1.29, 1.82) is 5.26 Å². The molecule has 11 rings (SSSR count). The van der Waals surface area contributed by atoms with Crippen LogP contribution in [0.5, 0.6) is 5.88 Å². The average Bonchev–Trinajstić information content (AvgIpc) is 4.05. The second kappa shape index (κ2) is 17.7. The number of hydrogen-bond donors (Lipinski definition) is 3. The number of piperidine rings is 2. The van der Waals surface area contributed by atoms with Crippen LogP contribution in [0, 0.1) is 17.1 Å². The van der Waals surface area contributed by atoms with Crippen molar-refractivity contribution in [2.24, 2.45) is 5.73 Å². The molecule has 17 heteroatoms. The number of pyridine rings is 3. The Labute approximate surface area is 394 Å². The molecule has 0 radical (unpaired) electrons. The monoisotopic (exact) mass is 917 g/mol. The van der Waals surface area contributed by atoms with E-state index in [1.165, 1.54) is 6.07 Å². The fraction of sp³-hybridized carbons (Fsp3) is 0.431. The van der Waals surface area contributed by atoms with E-state index in [1.807, 2.05) is 43.0 Å². The van der Waals surface area contributed by atoms with Gasteiger partial charge in [0.05, 0.1) is 42.7 Å². The molecule has 2 amide bonds. The van der Waals surface area contributed by atoms with Crippen LogP contribution in [0.15, 0.2) is 85.7 Å². The van der Waals surface area contributed by atoms with Crippen LogP contribution in [0.4, 0.5) is 15.9 Å². The summed E-state index contributed by atoms with van der Waals surface area (Å²) in [6.07, 6.45) is 18.1. The van der Waals surface area contributed by atoms with Gasteiger partial charge >= 0.3 is 0 Å². The minimum absolute atomic E-state index is 0.120. The lowest BCUT2D eigenvalue weighted by Crippen LogP contribution is -2.69. The molecular formula is C51H56FN13O3. The van der Waals surface area contributed by atoms with Crippen LogP contribution in [0.25, 0.3) is 27.8 Å². The third kappa shape index (κ3) is 8.24. The molecule has 1 aromatic carbocycles. The molecule has 1 saturated carbocycles. The topological polar surface area (TPSA) is 188 Å². The van der Waals surface area contributed by atoms with Crippen LogP contribution < -0.4 is 26.0 Å². The van der Waals surface area contributed by atoms with E-state index in [1.54, 1.807) is 17.8 Å². The Morgan fingerprint density at radius 3 is 2.46 bits per heavy atom. The number of methoxy groups -OCH3 is 1. The molecule has 4 atom stereocenters. The third-order valence-electron chi connectivity index (χ3n) is 15.3. The number of anilines is 2. The molecule has 4 aliphatic heterocycles. The highest BCUT2D eigenvalue weighted by molar-refractivity contribution is 6.01. The molecule has 5 aromatic heterocycles. The minimum atomic E-state index is -0.545. The van der Waals surface area contributed by atoms with Crippen molar-refractivity contribution in [3.63, 3.8) is 0 Å². The first-order valence-electron chi connectivity index (χ1n) is 23.9. The number of imide groups is 1. The van der Waals surface area contributed by atoms with Gasteiger partial charge in [0.15, 0.2) is 0 Å². The van der Waals surface area contributed by atoms with Gasteiger partial charge in [0.1, 0.15) is 23.7 Å². The first kappa shape index (κ1) is 43.8. The molecule has 0 unspecified atom stereocenters. The number of nitrogens with one attached hydrogen (secondary N) is 2. The smallest absolute Gasteiger partial charge is 0.249 e. The van der Waals surface area contributed by atoms with Gasteiger partial charge in [-0.1, -0.05) is 12.1 Å². The van der Waals surface area contributed by atoms with Gasteiger partial charge in [0.2, 0.25) is 17.7 Å². The van der Waals surface area contributed by atoms with Crippen LogP contribution in [0.2, 0.25) is 0 Å². The second-order valence-corrected chi connectivity index (χ2v) is 19.7. The quantitative estimate of drug-likeness (QED) is 0.128. The van der Waals surface area contributed by atoms with E-state index in [0.29, 0.717) is 35.6 Å². The normalized spacial score (nSPS) is 25.8. The van der Waals surface area contributed by atoms with Crippen molar-refractivity contribution in [2.75, 3.05) is 43.5 Å². The number of amides is 2. The Morgan fingerprint density at radius 2 is 1.74 bits per heavy atom. The van der Waals surface area contributed by atoms with Crippen LogP contribution >= 0.6 is 0 Å². The van der Waals surface area contributed by atoms with Crippen LogP contribution in [-0.4, -0.2) is 114 Å². The Balaban J connectivity index is 0.721. The highest BCUT2D eigenvalue weighted by atomic mass is 19.1. The molecule has 4 N–H and O–H groups in total. The first-order valence-corrected chi connectivity index (χ1v) is 23.9. The van der Waals surface area contributed by atoms with Gasteiger partial charge < -0.3 is 25.6 Å². The summed E-state index contributed by atoms with van der Waals surface area (Å²) in [6, 6.07) is 18.4. The van der Waals surface area contributed by atoms with E-state index < -0.39 is 11.6 Å². The predicted molar refractivity (Wildman–Crippen MR) is 254 cm³/mol. The summed E-state index contributed by atoms with van der Waals surface area (Å²) in [5.41, 5.74) is 13.9. The number of likely N-dealkylation sites (tertiary alicyclic amines) is 2. The van der Waals surface area contributed by atoms with Crippen molar-refractivity contribution in [3.05, 3.63) is 108 Å². The number of aromatic nitrogens is 6. The van der Waals surface area contributed by atoms with Crippen molar-refractivity contribution < 1.29 is 18.7 Å². The number of halogens is 1. The number of benzene rings is 1. The Hall–Kier alpha value is -6.74. The number of nitrogens with two attached hydrogens (primary N) is 1. The van der Waals surface area contributed by atoms with E-state index in [2.05, 4.69) is 83.6 Å². The summed E-state index contributed by atoms with van der Waals surface area (Å²) in [4.78, 5) is 40.5. The number of fused-ring (bicyclic) bond motifs is 2. The molecule has 0 spiro atoms. The van der Waals surface area contributed by atoms with Gasteiger partial charge in [0, 0.05) is 102 Å². The van der Waals surface area contributed by atoms with Gasteiger partial charge in [-0.05, 0) is 112 Å². The second-order valence-electron chi connectivity index (χ2n) is 19.7. The standard InChI is InChI=1S/C51H56FN13O3/c1-51(54)30-62(26-31-3-14-47(68-2)56-22-31)44-29-63(49(44)51)45-12-4-33(23-55-45)41-19-34(27-65-48(41)35(21-53)24-58-65)36-25-57-64(28-36)39-8-6-38(7-9-39)61-17-15-32(16-18-61)40-10-5-37(20-42(40)52)59-43-11-13-46(66)60-50(43)67/h3-5,10,12,14,19-20,22-25,27-28,32,38-39,43-44,49,59H,6-9,11,13,15-18,26,29-30,54H2,1-2H3,(H,60,66,67)/t38?,39?,43-,44+,49-,51-/m1/s1. The lowest BCUT2D eigenvalue weighted by molar-refractivity contribution is -0.133. The third-order valence-corrected chi connectivity index (χ3v) is 15.3. The molecule has 68 heavy (non-hydrogen) atoms. The SMILES string of the molecule is COc1ccc(CN2C[C@@](C)(N)[C@H]3[C@@H]2CN3c2ccc(-c3cc(-c4cnn(C5CCC(N6CCC(c7ccc(N[C@@H]8CCC(=O)NC8=O)cc7F)CC6)CC5)c4)cn4ncc(C#N)c34)cn2)cn1. The average molecular weight is 918 g/mol. The summed E-state index contributed by atoms with van der Waals surface area (Å²) >= 11 is 0. The zero-order valence-electron chi connectivity index (χ0n) is 38.4. The molecule has 9 heterocycles. The van der Waals surface area contributed by atoms with Gasteiger partial charge in [-0.15, -0.1) is 0 Å². The summed E-state index contributed by atoms with van der Waals surface area (Å²) in [5.74, 6) is 0.730. The first-order chi connectivity index (χ1) is 33.0. The van der Waals surface area contributed by atoms with E-state index in [4.69, 9.17) is 20.6 Å². The summed E-state index contributed by atoms with van der Waals surface area (Å²) in [7, 11) is 1.62. The maximum atomic E-state index is 15.4. The van der Waals surface area contributed by atoms with E-state index in [9.17, 15) is 14.9 Å². The largest absolute Gasteiger partial charge is 0.481 e. The number of nitriles is 1. The lowest BCUT2D eigenvalue weighted by atomic mass is 9.85. The fourth-order valence-corrected chi connectivity index (χ4v) is 11.7. The summed E-state index contributed by atoms with van der Waals surface area (Å²) in [6.45, 7) is 6.35. The van der Waals surface area contributed by atoms with Crippen LogP contribution in [0.3, 0.4) is 0 Å². The van der Waals surface area contributed by atoms with Crippen LogP contribution in [-0.2, 0) is 16.1 Å². The molecular weight excluding hydrogens is 862 g/mol. The van der Waals surface area contributed by atoms with Crippen molar-refractivity contribution in [3.8, 4) is 34.2 Å². The Morgan fingerprint density at radius 1 is 0.912 bits per heavy atom. The number of hydrogen-bond acceptors (Lipinski definition) is 13. The van der Waals surface area contributed by atoms with E-state index in [0.717, 1.165) is 116 Å². The van der Waals surface area contributed by atoms with Gasteiger partial charge in [0.25, 0.3) is 0 Å². The Bertz CT molecular complexity index is 2890. The molecule has 1 aliphatic carbocycles. The number of carbonyl (C=O) groups excluding carboxylic acids is 2. The number of ether oxygens (including phenoxy) is 1. The van der Waals surface area contributed by atoms with Crippen LogP contribution in [0.1, 0.15) is 86.9 Å². The predicted octanol–water partition coefficient (Wildman–Crippen LogP) is 6.04. The fourth-order valence-electron chi connectivity index (χ4n) is 11.7. The number of rotatable bonds is 11. The lowest BCUT2D eigenvalue weighted by Gasteiger charge is -2.51. The zero-order valence-corrected chi connectivity index (χ0v) is 38.4. The van der Waals surface area contributed by atoms with Crippen molar-refractivity contribution in [2.45, 2.75) is 107 Å². The summed E-state index contributed by atoms with van der Waals surface area (Å²) < 4.78 is 24.6. The van der Waals surface area contributed by atoms with E-state index >= 15 is 4.39 Å². The molecule has 6 aromatic rings. The van der Waals surface area contributed by atoms with Gasteiger partial charge in [-0.2, -0.15) is 15.5 Å². The summed E-state index contributed by atoms with van der Waals surface area (Å²) in [5, 5.41) is 25.0. The van der Waals surface area contributed by atoms with Gasteiger partial charge in [-0.3, -0.25) is 24.5 Å². The molecule has 350 valence electrons. The Kier molecular flexibility index (Phi) is 11.4. The molecule has 5 fully saturated rings. The zero-order chi connectivity index (χ0) is 46.7. The maximum Gasteiger partial charge on any atom is 0.249 e. The molecule has 0 bridgehead atoms. The highest BCUT2D eigenvalue weighted by Crippen LogP contribution is 2.42. The number of nitrogens with zero attached hydrogens (tertiary/aromatic N) is 10. The molecule has 5 aliphatic rings. The number of carbonyl (C=O) groups is 2. The molecule has 16 nitrogen and oxygen atoms in total. The molecule has 4 saturated heterocycles. The highest BCUT2D eigenvalue weighted by Gasteiger charge is 2.57. The van der Waals surface area contributed by atoms with Crippen molar-refractivity contribution in [1.82, 2.24) is 44.5 Å². The van der Waals surface area contributed by atoms with Crippen molar-refractivity contribution >= 4 is 28.8 Å². The van der Waals surface area contributed by atoms with E-state index in [-0.39, 0.29) is 42.1 Å². The minimum Gasteiger partial charge on any atom is -0.481 e.